The van der Waals surface area contributed by atoms with Crippen LogP contribution < -0.4 is 16.0 Å². The van der Waals surface area contributed by atoms with Crippen molar-refractivity contribution in [2.24, 2.45) is 0 Å². The van der Waals surface area contributed by atoms with Gasteiger partial charge in [-0.15, -0.1) is 0 Å². The van der Waals surface area contributed by atoms with Crippen molar-refractivity contribution in [2.45, 2.75) is 12.9 Å². The zero-order valence-corrected chi connectivity index (χ0v) is 14.3. The molecule has 1 aromatic carbocycles. The van der Waals surface area contributed by atoms with E-state index < -0.39 is 21.8 Å². The molecule has 0 spiro atoms. The van der Waals surface area contributed by atoms with Crippen molar-refractivity contribution < 1.29 is 21.8 Å². The number of rotatable bonds is 4. The van der Waals surface area contributed by atoms with E-state index in [0.717, 1.165) is 0 Å². The van der Waals surface area contributed by atoms with Crippen molar-refractivity contribution in [3.63, 3.8) is 0 Å². The van der Waals surface area contributed by atoms with Crippen LogP contribution in [0.4, 0.5) is 11.4 Å². The molecule has 0 heterocycles. The first-order valence-corrected chi connectivity index (χ1v) is 12.7. The Kier molecular flexibility index (Phi) is 4.16. The molecule has 0 radical (unpaired) electrons. The maximum absolute atomic E-state index is 3.39. The Hall–Kier alpha value is -0.757. The molecule has 1 aromatic rings. The van der Waals surface area contributed by atoms with Crippen molar-refractivity contribution in [3.8, 4) is 0 Å². The van der Waals surface area contributed by atoms with Crippen molar-refractivity contribution >= 4 is 17.5 Å². The predicted octanol–water partition coefficient (Wildman–Crippen LogP) is 3.10. The molecule has 18 heavy (non-hydrogen) atoms. The normalized spacial score (nSPS) is 16.9. The van der Waals surface area contributed by atoms with Crippen LogP contribution in [0.25, 0.3) is 6.08 Å². The Morgan fingerprint density at radius 2 is 1.72 bits per heavy atom. The van der Waals surface area contributed by atoms with E-state index in [-0.39, 0.29) is 0 Å². The van der Waals surface area contributed by atoms with Gasteiger partial charge in [-0.2, -0.15) is 0 Å². The fourth-order valence-electron chi connectivity index (χ4n) is 2.67. The maximum atomic E-state index is 3.39. The van der Waals surface area contributed by atoms with Crippen molar-refractivity contribution in [1.82, 2.24) is 5.32 Å². The molecule has 0 saturated heterocycles. The zero-order valence-electron chi connectivity index (χ0n) is 11.8. The number of nitrogens with one attached hydrogen (secondary N) is 3. The molecule has 3 nitrogen and oxygen atoms in total. The molecule has 1 aliphatic rings. The second-order valence-electron chi connectivity index (χ2n) is 4.89. The fraction of sp³-hybridized carbons (Fsp3) is 0.429. The van der Waals surface area contributed by atoms with E-state index in [1.54, 1.807) is 0 Å². The number of hydrogen-bond acceptors (Lipinski definition) is 3. The summed E-state index contributed by atoms with van der Waals surface area (Å²) in [5.41, 5.74) is 6.67. The first-order valence-electron chi connectivity index (χ1n) is 6.35. The summed E-state index contributed by atoms with van der Waals surface area (Å²) < 4.78 is 5.60. The van der Waals surface area contributed by atoms with E-state index >= 15 is 0 Å². The minimum atomic E-state index is -1.36. The summed E-state index contributed by atoms with van der Waals surface area (Å²) >= 11 is -1.36. The van der Waals surface area contributed by atoms with E-state index in [1.807, 2.05) is 21.1 Å². The van der Waals surface area contributed by atoms with Crippen LogP contribution in [0.2, 0.25) is 9.26 Å². The summed E-state index contributed by atoms with van der Waals surface area (Å²) in [7, 11) is 6.01. The molecular formula is C14H22N3Zr. The van der Waals surface area contributed by atoms with Gasteiger partial charge in [-0.1, -0.05) is 0 Å². The molecule has 2 rings (SSSR count). The second kappa shape index (κ2) is 5.48. The molecule has 0 fully saturated rings. The van der Waals surface area contributed by atoms with Gasteiger partial charge in [-0.3, -0.25) is 0 Å². The molecular weight excluding hydrogens is 301 g/mol. The molecule has 0 aromatic heterocycles. The summed E-state index contributed by atoms with van der Waals surface area (Å²) in [5, 5.41) is 9.97. The Bertz CT molecular complexity index is 480. The zero-order chi connectivity index (χ0) is 13.3. The fourth-order valence-corrected chi connectivity index (χ4v) is 6.88. The number of likely N-dealkylation sites (N-methyl/N-ethyl adjacent to an activating group) is 1. The van der Waals surface area contributed by atoms with Gasteiger partial charge in [0.25, 0.3) is 0 Å². The molecule has 0 amide bonds. The van der Waals surface area contributed by atoms with Crippen LogP contribution >= 0.6 is 0 Å². The van der Waals surface area contributed by atoms with Crippen LogP contribution in [0.5, 0.6) is 0 Å². The van der Waals surface area contributed by atoms with Gasteiger partial charge in [0.15, 0.2) is 0 Å². The quantitative estimate of drug-likeness (QED) is 0.797. The Morgan fingerprint density at radius 3 is 2.22 bits per heavy atom. The first-order chi connectivity index (χ1) is 8.62. The van der Waals surface area contributed by atoms with Gasteiger partial charge < -0.3 is 0 Å². The molecule has 0 bridgehead atoms. The molecule has 3 N–H and O–H groups in total. The van der Waals surface area contributed by atoms with Crippen LogP contribution in [0.3, 0.4) is 0 Å². The molecule has 0 saturated carbocycles. The summed E-state index contributed by atoms with van der Waals surface area (Å²) in [6.07, 6.45) is 2.32. The van der Waals surface area contributed by atoms with Crippen LogP contribution in [-0.2, 0) is 21.8 Å². The Morgan fingerprint density at radius 1 is 1.00 bits per heavy atom. The molecule has 1 atom stereocenters. The van der Waals surface area contributed by atoms with E-state index in [4.69, 9.17) is 0 Å². The van der Waals surface area contributed by atoms with Gasteiger partial charge in [-0.05, 0) is 0 Å². The summed E-state index contributed by atoms with van der Waals surface area (Å²) in [6, 6.07) is 4.49. The van der Waals surface area contributed by atoms with Crippen molar-refractivity contribution in [3.05, 3.63) is 29.0 Å². The van der Waals surface area contributed by atoms with E-state index in [1.165, 1.54) is 28.2 Å². The van der Waals surface area contributed by atoms with Gasteiger partial charge >= 0.3 is 118 Å². The van der Waals surface area contributed by atoms with E-state index in [9.17, 15) is 0 Å². The summed E-state index contributed by atoms with van der Waals surface area (Å²) in [6.45, 7) is 0. The van der Waals surface area contributed by atoms with Gasteiger partial charge in [0, 0.05) is 0 Å². The average molecular weight is 324 g/mol. The number of benzene rings is 1. The molecule has 1 aliphatic carbocycles. The first kappa shape index (κ1) is 13.7. The standard InChI is InChI=1S/C12H16N3.2CH3.Zr/c1-13-9-4-8-5-10(14-2)7-12(15-3)11(8)6-9;;;/h4-7,13-15H,1-3H3;2*1H3;. The SMILES string of the molecule is CNC1=Cc2c(NC)cc(NC)cc2[CH]1[Zr]([CH3])[CH3]. The minimum absolute atomic E-state index is 0.660. The van der Waals surface area contributed by atoms with Gasteiger partial charge in [-0.25, -0.2) is 0 Å². The number of hydrogen-bond donors (Lipinski definition) is 3. The van der Waals surface area contributed by atoms with E-state index in [2.05, 4.69) is 43.4 Å². The van der Waals surface area contributed by atoms with E-state index in [0.29, 0.717) is 3.63 Å². The van der Waals surface area contributed by atoms with Gasteiger partial charge in [0.1, 0.15) is 0 Å². The molecule has 1 unspecified atom stereocenters. The van der Waals surface area contributed by atoms with Gasteiger partial charge in [0.05, 0.1) is 0 Å². The van der Waals surface area contributed by atoms with Crippen LogP contribution in [0.15, 0.2) is 17.8 Å². The third-order valence-corrected chi connectivity index (χ3v) is 7.93. The monoisotopic (exact) mass is 322 g/mol. The summed E-state index contributed by atoms with van der Waals surface area (Å²) in [4.78, 5) is 0. The van der Waals surface area contributed by atoms with Crippen molar-refractivity contribution in [2.75, 3.05) is 31.8 Å². The third-order valence-electron chi connectivity index (χ3n) is 3.56. The summed E-state index contributed by atoms with van der Waals surface area (Å²) in [5.74, 6) is 0. The topological polar surface area (TPSA) is 36.1 Å². The van der Waals surface area contributed by atoms with Crippen LogP contribution in [0, 0.1) is 0 Å². The van der Waals surface area contributed by atoms with Crippen molar-refractivity contribution in [1.29, 1.82) is 0 Å². The molecule has 0 aliphatic heterocycles. The Labute approximate surface area is 118 Å². The van der Waals surface area contributed by atoms with Crippen LogP contribution in [0.1, 0.15) is 14.8 Å². The number of fused-ring (bicyclic) bond motifs is 1. The number of anilines is 2. The number of allylic oxidation sites excluding steroid dienone is 1. The third kappa shape index (κ3) is 2.23. The molecule has 97 valence electrons. The second-order valence-corrected chi connectivity index (χ2v) is 11.6. The van der Waals surface area contributed by atoms with Gasteiger partial charge in [0.2, 0.25) is 0 Å². The Balaban J connectivity index is 2.58. The molecule has 4 heteroatoms. The predicted molar refractivity (Wildman–Crippen MR) is 77.0 cm³/mol. The van der Waals surface area contributed by atoms with Crippen LogP contribution in [-0.4, -0.2) is 21.1 Å². The average Bonchev–Trinajstić information content (AvgIpc) is 2.75.